The summed E-state index contributed by atoms with van der Waals surface area (Å²) in [5.41, 5.74) is 0.800. The lowest BCUT2D eigenvalue weighted by molar-refractivity contribution is -0.274. The van der Waals surface area contributed by atoms with Gasteiger partial charge >= 0.3 is 6.36 Å². The number of carbonyl (C=O) groups is 3. The number of hydrogen-bond acceptors (Lipinski definition) is 8. The van der Waals surface area contributed by atoms with Gasteiger partial charge in [0.05, 0.1) is 23.8 Å². The third kappa shape index (κ3) is 7.63. The van der Waals surface area contributed by atoms with Crippen molar-refractivity contribution in [3.63, 3.8) is 0 Å². The first kappa shape index (κ1) is 32.2. The third-order valence-electron chi connectivity index (χ3n) is 8.27. The zero-order chi connectivity index (χ0) is 33.1. The highest BCUT2D eigenvalue weighted by Gasteiger charge is 2.39. The Morgan fingerprint density at radius 3 is 2.55 bits per heavy atom. The van der Waals surface area contributed by atoms with Crippen LogP contribution < -0.4 is 14.8 Å². The molecule has 0 aliphatic carbocycles. The van der Waals surface area contributed by atoms with Gasteiger partial charge in [0.2, 0.25) is 11.8 Å². The molecular formula is C32H31F4N5O6. The second-order valence-corrected chi connectivity index (χ2v) is 11.5. The van der Waals surface area contributed by atoms with Crippen LogP contribution in [0.5, 0.6) is 11.6 Å². The van der Waals surface area contributed by atoms with Crippen molar-refractivity contribution < 1.29 is 46.2 Å². The lowest BCUT2D eigenvalue weighted by atomic mass is 10.1. The van der Waals surface area contributed by atoms with E-state index in [0.717, 1.165) is 0 Å². The van der Waals surface area contributed by atoms with Crippen molar-refractivity contribution in [1.82, 2.24) is 25.0 Å². The van der Waals surface area contributed by atoms with E-state index < -0.39 is 42.2 Å². The molecule has 3 atom stereocenters. The number of ether oxygens (including phenoxy) is 3. The Kier molecular flexibility index (Phi) is 9.27. The van der Waals surface area contributed by atoms with Crippen LogP contribution in [0.15, 0.2) is 66.9 Å². The Labute approximate surface area is 267 Å². The number of nitrogens with one attached hydrogen (secondary N) is 1. The Morgan fingerprint density at radius 2 is 1.79 bits per heavy atom. The minimum absolute atomic E-state index is 0.0442. The number of rotatable bonds is 4. The highest BCUT2D eigenvalue weighted by molar-refractivity contribution is 5.96. The zero-order valence-electron chi connectivity index (χ0n) is 25.0. The average molecular weight is 658 g/mol. The van der Waals surface area contributed by atoms with Crippen LogP contribution in [0.1, 0.15) is 26.3 Å². The molecule has 2 saturated heterocycles. The summed E-state index contributed by atoms with van der Waals surface area (Å²) >= 11 is 0. The lowest BCUT2D eigenvalue weighted by Gasteiger charge is -2.41. The van der Waals surface area contributed by atoms with Gasteiger partial charge in [0.25, 0.3) is 11.8 Å². The minimum atomic E-state index is -4.80. The number of pyridine rings is 1. The topological polar surface area (TPSA) is 114 Å². The van der Waals surface area contributed by atoms with E-state index in [1.54, 1.807) is 23.1 Å². The normalized spacial score (nSPS) is 22.4. The summed E-state index contributed by atoms with van der Waals surface area (Å²) in [4.78, 5) is 49.4. The predicted molar refractivity (Wildman–Crippen MR) is 157 cm³/mol. The Bertz CT molecular complexity index is 1620. The molecule has 11 nitrogen and oxygen atoms in total. The molecule has 6 rings (SSSR count). The number of benzene rings is 2. The number of hydrogen-bond donors (Lipinski definition) is 1. The molecule has 4 heterocycles. The van der Waals surface area contributed by atoms with E-state index in [1.807, 2.05) is 4.90 Å². The van der Waals surface area contributed by atoms with E-state index in [4.69, 9.17) is 9.47 Å². The second kappa shape index (κ2) is 13.5. The monoisotopic (exact) mass is 657 g/mol. The van der Waals surface area contributed by atoms with Crippen molar-refractivity contribution in [2.75, 3.05) is 45.9 Å². The summed E-state index contributed by atoms with van der Waals surface area (Å²) in [6.45, 7) is 0.974. The quantitative estimate of drug-likeness (QED) is 0.427. The van der Waals surface area contributed by atoms with Crippen LogP contribution in [0, 0.1) is 5.82 Å². The van der Waals surface area contributed by atoms with Crippen molar-refractivity contribution in [3.8, 4) is 11.6 Å². The number of aromatic nitrogens is 1. The number of fused-ring (bicyclic) bond motifs is 3. The smallest absolute Gasteiger partial charge is 0.475 e. The third-order valence-corrected chi connectivity index (χ3v) is 8.27. The highest BCUT2D eigenvalue weighted by Crippen LogP contribution is 2.25. The molecular weight excluding hydrogens is 626 g/mol. The van der Waals surface area contributed by atoms with Crippen LogP contribution in [0.25, 0.3) is 0 Å². The maximum atomic E-state index is 14.4. The van der Waals surface area contributed by atoms with Gasteiger partial charge in [-0.2, -0.15) is 0 Å². The van der Waals surface area contributed by atoms with Gasteiger partial charge in [-0.3, -0.25) is 19.3 Å². The van der Waals surface area contributed by atoms with Crippen LogP contribution in [0.4, 0.5) is 17.6 Å². The van der Waals surface area contributed by atoms with Gasteiger partial charge in [-0.1, -0.05) is 24.3 Å². The van der Waals surface area contributed by atoms with E-state index in [9.17, 15) is 31.9 Å². The van der Waals surface area contributed by atoms with E-state index in [-0.39, 0.29) is 61.5 Å². The molecule has 3 aliphatic heterocycles. The maximum absolute atomic E-state index is 14.4. The van der Waals surface area contributed by atoms with E-state index in [1.165, 1.54) is 53.6 Å². The first-order valence-corrected chi connectivity index (χ1v) is 14.9. The van der Waals surface area contributed by atoms with Gasteiger partial charge in [-0.25, -0.2) is 9.37 Å². The van der Waals surface area contributed by atoms with E-state index in [2.05, 4.69) is 15.0 Å². The van der Waals surface area contributed by atoms with Crippen molar-refractivity contribution in [2.24, 2.45) is 0 Å². The van der Waals surface area contributed by atoms with Crippen molar-refractivity contribution >= 4 is 17.7 Å². The van der Waals surface area contributed by atoms with E-state index in [0.29, 0.717) is 25.2 Å². The summed E-state index contributed by atoms with van der Waals surface area (Å²) in [7, 11) is 0. The van der Waals surface area contributed by atoms with Gasteiger partial charge in [-0.05, 0) is 42.0 Å². The van der Waals surface area contributed by atoms with Crippen molar-refractivity contribution in [2.45, 2.75) is 31.1 Å². The number of halogens is 4. The van der Waals surface area contributed by atoms with Gasteiger partial charge in [0, 0.05) is 45.5 Å². The molecule has 0 unspecified atom stereocenters. The Hall–Kier alpha value is -4.76. The average Bonchev–Trinajstić information content (AvgIpc) is 3.42. The molecule has 15 heteroatoms. The molecule has 248 valence electrons. The summed E-state index contributed by atoms with van der Waals surface area (Å²) in [5.74, 6) is -2.26. The van der Waals surface area contributed by atoms with Crippen LogP contribution >= 0.6 is 0 Å². The van der Waals surface area contributed by atoms with Crippen LogP contribution in [0.3, 0.4) is 0 Å². The maximum Gasteiger partial charge on any atom is 0.573 e. The van der Waals surface area contributed by atoms with Crippen LogP contribution in [-0.2, 0) is 16.1 Å². The molecule has 1 N–H and O–H groups in total. The van der Waals surface area contributed by atoms with Crippen LogP contribution in [0.2, 0.25) is 0 Å². The van der Waals surface area contributed by atoms with Gasteiger partial charge < -0.3 is 29.3 Å². The number of piperazine rings is 1. The summed E-state index contributed by atoms with van der Waals surface area (Å²) in [6.07, 6.45) is -3.92. The molecule has 0 radical (unpaired) electrons. The number of alkyl halides is 3. The molecule has 1 aromatic heterocycles. The molecule has 2 fully saturated rings. The molecule has 3 aromatic rings. The van der Waals surface area contributed by atoms with Crippen molar-refractivity contribution in [3.05, 3.63) is 89.4 Å². The fourth-order valence-electron chi connectivity index (χ4n) is 6.02. The van der Waals surface area contributed by atoms with Gasteiger partial charge in [0.15, 0.2) is 0 Å². The number of nitrogens with zero attached hydrogens (tertiary/aromatic N) is 4. The van der Waals surface area contributed by atoms with Gasteiger partial charge in [0.1, 0.15) is 30.3 Å². The minimum Gasteiger partial charge on any atom is -0.475 e. The highest BCUT2D eigenvalue weighted by atomic mass is 19.4. The first-order valence-electron chi connectivity index (χ1n) is 14.9. The SMILES string of the molecule is O=C1N[C@@H]2CN(Cc3ccc(OC(F)(F)F)cc3)C[C@@H]2OCC(=O)N2CCN(C(=O)c3ccccc3F)C[C@H]2COc2ncccc21. The van der Waals surface area contributed by atoms with Gasteiger partial charge in [-0.15, -0.1) is 13.2 Å². The second-order valence-electron chi connectivity index (χ2n) is 11.5. The Balaban J connectivity index is 1.19. The molecule has 3 aliphatic rings. The molecule has 0 bridgehead atoms. The number of amides is 3. The van der Waals surface area contributed by atoms with Crippen molar-refractivity contribution in [1.29, 1.82) is 0 Å². The molecule has 3 amide bonds. The largest absolute Gasteiger partial charge is 0.573 e. The molecule has 0 saturated carbocycles. The lowest BCUT2D eigenvalue weighted by Crippen LogP contribution is -2.59. The fourth-order valence-corrected chi connectivity index (χ4v) is 6.02. The number of likely N-dealkylation sites (tertiary alicyclic amines) is 1. The molecule has 2 aromatic carbocycles. The number of carbonyl (C=O) groups excluding carboxylic acids is 3. The fraction of sp³-hybridized carbons (Fsp3) is 0.375. The summed E-state index contributed by atoms with van der Waals surface area (Å²) in [5, 5.41) is 2.96. The van der Waals surface area contributed by atoms with Crippen LogP contribution in [-0.4, -0.2) is 108 Å². The first-order chi connectivity index (χ1) is 22.5. The molecule has 0 spiro atoms. The summed E-state index contributed by atoms with van der Waals surface area (Å²) in [6, 6.07) is 13.1. The summed E-state index contributed by atoms with van der Waals surface area (Å²) < 4.78 is 68.1. The standard InChI is InChI=1S/C32H31F4N5O6/c33-25-6-2-1-4-23(25)31(44)40-12-13-41-21(15-40)18-46-30-24(5-3-11-37-30)29(43)38-26-16-39(17-27(26)45-19-28(41)42)14-20-7-9-22(10-8-20)47-32(34,35)36/h1-11,21,26-27H,12-19H2,(H,38,43)/t21-,26+,27-/m0/s1. The van der Waals surface area contributed by atoms with E-state index >= 15 is 0 Å². The Morgan fingerprint density at radius 1 is 1.00 bits per heavy atom. The predicted octanol–water partition coefficient (Wildman–Crippen LogP) is 2.86. The molecule has 47 heavy (non-hydrogen) atoms. The zero-order valence-corrected chi connectivity index (χ0v) is 25.0.